The van der Waals surface area contributed by atoms with Crippen LogP contribution < -0.4 is 5.73 Å². The van der Waals surface area contributed by atoms with Gasteiger partial charge in [-0.1, -0.05) is 11.8 Å². The van der Waals surface area contributed by atoms with E-state index in [1.54, 1.807) is 30.4 Å². The molecular formula is C12H14N4S. The van der Waals surface area contributed by atoms with E-state index in [0.717, 1.165) is 33.3 Å². The highest BCUT2D eigenvalue weighted by Crippen LogP contribution is 2.24. The summed E-state index contributed by atoms with van der Waals surface area (Å²) in [6.45, 7) is 3.97. The molecule has 0 aromatic carbocycles. The molecule has 0 aliphatic heterocycles. The van der Waals surface area contributed by atoms with Gasteiger partial charge in [-0.2, -0.15) is 0 Å². The first kappa shape index (κ1) is 11.9. The number of nitrogens with two attached hydrogens (primary N) is 1. The maximum absolute atomic E-state index is 5.97. The Morgan fingerprint density at radius 1 is 1.18 bits per heavy atom. The molecule has 4 nitrogen and oxygen atoms in total. The predicted octanol–water partition coefficient (Wildman–Crippen LogP) is 2.36. The standard InChI is InChI=1S/C12H14N4S/c1-8-5-16-10(9(2)12(8)13)7-17-11-6-14-3-4-15-11/h3-6H,7H2,1-2H3,(H2,13,16). The van der Waals surface area contributed by atoms with E-state index < -0.39 is 0 Å². The molecule has 0 atom stereocenters. The van der Waals surface area contributed by atoms with Gasteiger partial charge < -0.3 is 5.73 Å². The van der Waals surface area contributed by atoms with Crippen LogP contribution in [0.5, 0.6) is 0 Å². The molecule has 0 amide bonds. The Kier molecular flexibility index (Phi) is 3.58. The molecule has 2 aromatic rings. The van der Waals surface area contributed by atoms with Gasteiger partial charge in [-0.15, -0.1) is 0 Å². The van der Waals surface area contributed by atoms with Crippen molar-refractivity contribution in [2.24, 2.45) is 0 Å². The van der Waals surface area contributed by atoms with Crippen molar-refractivity contribution >= 4 is 17.4 Å². The average molecular weight is 246 g/mol. The molecule has 17 heavy (non-hydrogen) atoms. The van der Waals surface area contributed by atoms with Crippen LogP contribution in [0.3, 0.4) is 0 Å². The highest BCUT2D eigenvalue weighted by molar-refractivity contribution is 7.98. The molecular weight excluding hydrogens is 232 g/mol. The Labute approximate surface area is 105 Å². The van der Waals surface area contributed by atoms with Crippen LogP contribution in [0, 0.1) is 13.8 Å². The Balaban J connectivity index is 2.13. The second-order valence-corrected chi connectivity index (χ2v) is 4.75. The number of aromatic nitrogens is 3. The van der Waals surface area contributed by atoms with Gasteiger partial charge >= 0.3 is 0 Å². The van der Waals surface area contributed by atoms with Gasteiger partial charge in [0.2, 0.25) is 0 Å². The molecule has 0 radical (unpaired) electrons. The van der Waals surface area contributed by atoms with Gasteiger partial charge in [0.15, 0.2) is 0 Å². The smallest absolute Gasteiger partial charge is 0.115 e. The number of nitrogen functional groups attached to an aromatic ring is 1. The highest BCUT2D eigenvalue weighted by Gasteiger charge is 2.07. The first-order valence-corrected chi connectivity index (χ1v) is 6.26. The molecule has 0 spiro atoms. The highest BCUT2D eigenvalue weighted by atomic mass is 32.2. The molecule has 2 aromatic heterocycles. The zero-order valence-electron chi connectivity index (χ0n) is 9.84. The van der Waals surface area contributed by atoms with Crippen LogP contribution in [0.25, 0.3) is 0 Å². The van der Waals surface area contributed by atoms with E-state index in [1.807, 2.05) is 20.0 Å². The Morgan fingerprint density at radius 2 is 2.00 bits per heavy atom. The molecule has 0 bridgehead atoms. The first-order valence-electron chi connectivity index (χ1n) is 5.28. The monoisotopic (exact) mass is 246 g/mol. The maximum Gasteiger partial charge on any atom is 0.115 e. The SMILES string of the molecule is Cc1cnc(CSc2cnccn2)c(C)c1N. The van der Waals surface area contributed by atoms with Crippen molar-refractivity contribution in [3.63, 3.8) is 0 Å². The number of pyridine rings is 1. The molecule has 2 rings (SSSR count). The lowest BCUT2D eigenvalue weighted by Gasteiger charge is -2.09. The predicted molar refractivity (Wildman–Crippen MR) is 69.7 cm³/mol. The van der Waals surface area contributed by atoms with Crippen LogP contribution in [0.2, 0.25) is 0 Å². The topological polar surface area (TPSA) is 64.7 Å². The van der Waals surface area contributed by atoms with Gasteiger partial charge in [-0.3, -0.25) is 9.97 Å². The molecule has 0 aliphatic carbocycles. The average Bonchev–Trinajstić information content (AvgIpc) is 2.36. The van der Waals surface area contributed by atoms with Gasteiger partial charge in [-0.25, -0.2) is 4.98 Å². The van der Waals surface area contributed by atoms with Crippen LogP contribution in [-0.2, 0) is 5.75 Å². The number of anilines is 1. The maximum atomic E-state index is 5.97. The molecule has 0 saturated carbocycles. The summed E-state index contributed by atoms with van der Waals surface area (Å²) >= 11 is 1.61. The van der Waals surface area contributed by atoms with E-state index in [2.05, 4.69) is 15.0 Å². The van der Waals surface area contributed by atoms with Crippen molar-refractivity contribution in [1.29, 1.82) is 0 Å². The van der Waals surface area contributed by atoms with Crippen LogP contribution in [-0.4, -0.2) is 15.0 Å². The molecule has 0 unspecified atom stereocenters. The molecule has 0 fully saturated rings. The molecule has 0 saturated heterocycles. The summed E-state index contributed by atoms with van der Waals surface area (Å²) in [5, 5.41) is 0.896. The summed E-state index contributed by atoms with van der Waals surface area (Å²) in [4.78, 5) is 12.6. The van der Waals surface area contributed by atoms with Gasteiger partial charge in [0, 0.05) is 30.0 Å². The zero-order valence-corrected chi connectivity index (χ0v) is 10.7. The van der Waals surface area contributed by atoms with E-state index in [4.69, 9.17) is 5.73 Å². The molecule has 2 N–H and O–H groups in total. The van der Waals surface area contributed by atoms with E-state index in [0.29, 0.717) is 0 Å². The minimum absolute atomic E-state index is 0.759. The Hall–Kier alpha value is -1.62. The van der Waals surface area contributed by atoms with Crippen LogP contribution in [0.1, 0.15) is 16.8 Å². The van der Waals surface area contributed by atoms with Crippen molar-refractivity contribution in [2.75, 3.05) is 5.73 Å². The van der Waals surface area contributed by atoms with Crippen molar-refractivity contribution < 1.29 is 0 Å². The third kappa shape index (κ3) is 2.74. The third-order valence-electron chi connectivity index (χ3n) is 2.57. The molecule has 2 heterocycles. The number of hydrogen-bond acceptors (Lipinski definition) is 5. The number of nitrogens with zero attached hydrogens (tertiary/aromatic N) is 3. The molecule has 0 aliphatic rings. The second-order valence-electron chi connectivity index (χ2n) is 3.76. The fourth-order valence-electron chi connectivity index (χ4n) is 1.44. The van der Waals surface area contributed by atoms with Crippen molar-refractivity contribution in [3.05, 3.63) is 41.6 Å². The van der Waals surface area contributed by atoms with Crippen molar-refractivity contribution in [2.45, 2.75) is 24.6 Å². The Bertz CT molecular complexity index is 513. The minimum Gasteiger partial charge on any atom is -0.398 e. The first-order chi connectivity index (χ1) is 8.18. The van der Waals surface area contributed by atoms with Gasteiger partial charge in [0.05, 0.1) is 11.9 Å². The summed E-state index contributed by atoms with van der Waals surface area (Å²) < 4.78 is 0. The summed E-state index contributed by atoms with van der Waals surface area (Å²) in [5.41, 5.74) is 9.89. The second kappa shape index (κ2) is 5.14. The van der Waals surface area contributed by atoms with E-state index >= 15 is 0 Å². The summed E-state index contributed by atoms with van der Waals surface area (Å²) in [6, 6.07) is 0. The van der Waals surface area contributed by atoms with Crippen LogP contribution in [0.15, 0.2) is 29.8 Å². The van der Waals surface area contributed by atoms with Crippen molar-refractivity contribution in [3.8, 4) is 0 Å². The fraction of sp³-hybridized carbons (Fsp3) is 0.250. The number of thioether (sulfide) groups is 1. The minimum atomic E-state index is 0.759. The molecule has 5 heteroatoms. The summed E-state index contributed by atoms with van der Waals surface area (Å²) in [5.74, 6) is 0.759. The number of rotatable bonds is 3. The normalized spacial score (nSPS) is 10.5. The lowest BCUT2D eigenvalue weighted by Crippen LogP contribution is -2.00. The Morgan fingerprint density at radius 3 is 2.71 bits per heavy atom. The summed E-state index contributed by atoms with van der Waals surface area (Å²) in [6.07, 6.45) is 6.91. The van der Waals surface area contributed by atoms with E-state index in [-0.39, 0.29) is 0 Å². The van der Waals surface area contributed by atoms with Gasteiger partial charge in [0.25, 0.3) is 0 Å². The lowest BCUT2D eigenvalue weighted by molar-refractivity contribution is 1.05. The van der Waals surface area contributed by atoms with E-state index in [1.165, 1.54) is 0 Å². The fourth-order valence-corrected chi connectivity index (χ4v) is 2.29. The summed E-state index contributed by atoms with van der Waals surface area (Å²) in [7, 11) is 0. The lowest BCUT2D eigenvalue weighted by atomic mass is 10.1. The van der Waals surface area contributed by atoms with Gasteiger partial charge in [0.1, 0.15) is 5.03 Å². The largest absolute Gasteiger partial charge is 0.398 e. The van der Waals surface area contributed by atoms with E-state index in [9.17, 15) is 0 Å². The zero-order chi connectivity index (χ0) is 12.3. The number of aryl methyl sites for hydroxylation is 1. The molecule has 88 valence electrons. The van der Waals surface area contributed by atoms with Crippen LogP contribution in [0.4, 0.5) is 5.69 Å². The van der Waals surface area contributed by atoms with Gasteiger partial charge in [-0.05, 0) is 25.0 Å². The van der Waals surface area contributed by atoms with Crippen molar-refractivity contribution in [1.82, 2.24) is 15.0 Å². The third-order valence-corrected chi connectivity index (χ3v) is 3.50. The van der Waals surface area contributed by atoms with Crippen LogP contribution >= 0.6 is 11.8 Å². The number of hydrogen-bond donors (Lipinski definition) is 1. The quantitative estimate of drug-likeness (QED) is 0.842.